The predicted molar refractivity (Wildman–Crippen MR) is 80.6 cm³/mol. The summed E-state index contributed by atoms with van der Waals surface area (Å²) in [6.07, 6.45) is 11.4. The van der Waals surface area contributed by atoms with Crippen LogP contribution in [-0.2, 0) is 5.41 Å². The summed E-state index contributed by atoms with van der Waals surface area (Å²) in [5.41, 5.74) is 4.30. The van der Waals surface area contributed by atoms with Crippen LogP contribution in [0.3, 0.4) is 0 Å². The van der Waals surface area contributed by atoms with Crippen LogP contribution in [0.2, 0.25) is 0 Å². The second-order valence-corrected chi connectivity index (χ2v) is 6.67. The Hall–Kier alpha value is -1.24. The molecular formula is C17H25N. The van der Waals surface area contributed by atoms with E-state index in [4.69, 9.17) is 0 Å². The van der Waals surface area contributed by atoms with Gasteiger partial charge < -0.3 is 4.98 Å². The SMILES string of the molecule is CCCC(C)(C)c1cc2c([nH]1)C=CC(C)(C)C=C2. The molecule has 0 aliphatic heterocycles. The van der Waals surface area contributed by atoms with Crippen molar-refractivity contribution in [1.29, 1.82) is 0 Å². The van der Waals surface area contributed by atoms with Crippen molar-refractivity contribution in [2.24, 2.45) is 5.41 Å². The first-order valence-corrected chi connectivity index (χ1v) is 6.96. The van der Waals surface area contributed by atoms with E-state index in [2.05, 4.69) is 70.0 Å². The lowest BCUT2D eigenvalue weighted by Crippen LogP contribution is -2.17. The van der Waals surface area contributed by atoms with Crippen LogP contribution < -0.4 is 0 Å². The summed E-state index contributed by atoms with van der Waals surface area (Å²) < 4.78 is 0. The zero-order valence-electron chi connectivity index (χ0n) is 12.3. The molecule has 0 saturated carbocycles. The fourth-order valence-corrected chi connectivity index (χ4v) is 2.54. The van der Waals surface area contributed by atoms with E-state index < -0.39 is 0 Å². The molecule has 98 valence electrons. The molecule has 0 fully saturated rings. The lowest BCUT2D eigenvalue weighted by atomic mass is 9.84. The zero-order valence-corrected chi connectivity index (χ0v) is 12.3. The van der Waals surface area contributed by atoms with E-state index in [9.17, 15) is 0 Å². The largest absolute Gasteiger partial charge is 0.358 e. The third-order valence-electron chi connectivity index (χ3n) is 3.86. The minimum Gasteiger partial charge on any atom is -0.358 e. The van der Waals surface area contributed by atoms with Gasteiger partial charge in [-0.15, -0.1) is 0 Å². The number of aromatic nitrogens is 1. The highest BCUT2D eigenvalue weighted by Gasteiger charge is 2.23. The first-order chi connectivity index (χ1) is 8.34. The molecule has 0 radical (unpaired) electrons. The predicted octanol–water partition coefficient (Wildman–Crippen LogP) is 5.16. The number of nitrogens with one attached hydrogen (secondary N) is 1. The van der Waals surface area contributed by atoms with E-state index in [0.29, 0.717) is 0 Å². The topological polar surface area (TPSA) is 15.8 Å². The van der Waals surface area contributed by atoms with Crippen LogP contribution >= 0.6 is 0 Å². The Balaban J connectivity index is 2.36. The Labute approximate surface area is 111 Å². The van der Waals surface area contributed by atoms with Gasteiger partial charge in [0, 0.05) is 22.2 Å². The van der Waals surface area contributed by atoms with Gasteiger partial charge in [0.1, 0.15) is 0 Å². The molecule has 0 saturated heterocycles. The molecule has 1 aromatic rings. The highest BCUT2D eigenvalue weighted by atomic mass is 14.7. The van der Waals surface area contributed by atoms with Crippen molar-refractivity contribution in [3.63, 3.8) is 0 Å². The van der Waals surface area contributed by atoms with Crippen LogP contribution in [0.4, 0.5) is 0 Å². The third-order valence-corrected chi connectivity index (χ3v) is 3.86. The number of H-pyrrole nitrogens is 1. The van der Waals surface area contributed by atoms with Gasteiger partial charge in [-0.1, -0.05) is 59.3 Å². The third kappa shape index (κ3) is 2.60. The first kappa shape index (κ1) is 13.2. The maximum absolute atomic E-state index is 3.60. The second kappa shape index (κ2) is 4.46. The molecule has 0 atom stereocenters. The van der Waals surface area contributed by atoms with E-state index in [1.807, 2.05) is 0 Å². The fourth-order valence-electron chi connectivity index (χ4n) is 2.54. The molecule has 1 heteroatoms. The van der Waals surface area contributed by atoms with E-state index in [1.54, 1.807) is 0 Å². The maximum atomic E-state index is 3.60. The van der Waals surface area contributed by atoms with Gasteiger partial charge in [0.15, 0.2) is 0 Å². The van der Waals surface area contributed by atoms with Crippen LogP contribution in [-0.4, -0.2) is 4.98 Å². The Bertz CT molecular complexity index is 450. The molecule has 0 spiro atoms. The van der Waals surface area contributed by atoms with Crippen molar-refractivity contribution in [2.45, 2.75) is 52.9 Å². The number of allylic oxidation sites excluding steroid dienone is 2. The monoisotopic (exact) mass is 243 g/mol. The second-order valence-electron chi connectivity index (χ2n) is 6.67. The molecule has 2 rings (SSSR count). The Morgan fingerprint density at radius 1 is 1.17 bits per heavy atom. The van der Waals surface area contributed by atoms with Crippen LogP contribution in [0.15, 0.2) is 18.2 Å². The van der Waals surface area contributed by atoms with Gasteiger partial charge >= 0.3 is 0 Å². The van der Waals surface area contributed by atoms with Crippen LogP contribution in [0.1, 0.15) is 64.4 Å². The van der Waals surface area contributed by atoms with Gasteiger partial charge in [-0.3, -0.25) is 0 Å². The first-order valence-electron chi connectivity index (χ1n) is 6.96. The minimum absolute atomic E-state index is 0.152. The molecule has 18 heavy (non-hydrogen) atoms. The molecule has 0 amide bonds. The lowest BCUT2D eigenvalue weighted by molar-refractivity contribution is 0.461. The van der Waals surface area contributed by atoms with E-state index >= 15 is 0 Å². The summed E-state index contributed by atoms with van der Waals surface area (Å²) in [6.45, 7) is 11.3. The van der Waals surface area contributed by atoms with Crippen molar-refractivity contribution in [3.05, 3.63) is 35.2 Å². The van der Waals surface area contributed by atoms with Gasteiger partial charge in [0.2, 0.25) is 0 Å². The van der Waals surface area contributed by atoms with Crippen LogP contribution in [0, 0.1) is 5.41 Å². The summed E-state index contributed by atoms with van der Waals surface area (Å²) in [6, 6.07) is 2.31. The number of aromatic amines is 1. The molecule has 0 unspecified atom stereocenters. The average Bonchev–Trinajstić information content (AvgIpc) is 2.62. The number of rotatable bonds is 3. The molecule has 1 nitrogen and oxygen atoms in total. The minimum atomic E-state index is 0.152. The molecule has 0 bridgehead atoms. The van der Waals surface area contributed by atoms with Crippen molar-refractivity contribution in [1.82, 2.24) is 4.98 Å². The molecule has 1 heterocycles. The smallest absolute Gasteiger partial charge is 0.0453 e. The highest BCUT2D eigenvalue weighted by molar-refractivity contribution is 5.67. The van der Waals surface area contributed by atoms with Gasteiger partial charge in [-0.05, 0) is 24.1 Å². The molecular weight excluding hydrogens is 218 g/mol. The Kier molecular flexibility index (Phi) is 3.27. The normalized spacial score (nSPS) is 17.6. The zero-order chi connectivity index (χ0) is 13.4. The molecule has 1 aromatic heterocycles. The van der Waals surface area contributed by atoms with Crippen molar-refractivity contribution in [3.8, 4) is 0 Å². The Morgan fingerprint density at radius 2 is 1.83 bits per heavy atom. The number of fused-ring (bicyclic) bond motifs is 1. The Morgan fingerprint density at radius 3 is 2.50 bits per heavy atom. The lowest BCUT2D eigenvalue weighted by Gasteiger charge is -2.22. The summed E-state index contributed by atoms with van der Waals surface area (Å²) >= 11 is 0. The standard InChI is InChI=1S/C17H25N/c1-6-9-17(4,5)15-12-13-7-10-16(2,3)11-8-14(13)18-15/h7-8,10-12,18H,6,9H2,1-5H3. The van der Waals surface area contributed by atoms with E-state index in [1.165, 1.54) is 29.8 Å². The molecule has 1 aliphatic rings. The van der Waals surface area contributed by atoms with Gasteiger partial charge in [0.05, 0.1) is 0 Å². The van der Waals surface area contributed by atoms with E-state index in [-0.39, 0.29) is 10.8 Å². The molecule has 0 aromatic carbocycles. The summed E-state index contributed by atoms with van der Waals surface area (Å²) in [5, 5.41) is 0. The van der Waals surface area contributed by atoms with Gasteiger partial charge in [-0.25, -0.2) is 0 Å². The van der Waals surface area contributed by atoms with Crippen molar-refractivity contribution >= 4 is 12.2 Å². The van der Waals surface area contributed by atoms with Gasteiger partial charge in [0.25, 0.3) is 0 Å². The van der Waals surface area contributed by atoms with Gasteiger partial charge in [-0.2, -0.15) is 0 Å². The molecule has 1 aliphatic carbocycles. The maximum Gasteiger partial charge on any atom is 0.0453 e. The van der Waals surface area contributed by atoms with Crippen molar-refractivity contribution in [2.75, 3.05) is 0 Å². The molecule has 1 N–H and O–H groups in total. The summed E-state index contributed by atoms with van der Waals surface area (Å²) in [5.74, 6) is 0. The van der Waals surface area contributed by atoms with Crippen molar-refractivity contribution < 1.29 is 0 Å². The van der Waals surface area contributed by atoms with Crippen LogP contribution in [0.25, 0.3) is 12.2 Å². The number of hydrogen-bond acceptors (Lipinski definition) is 0. The summed E-state index contributed by atoms with van der Waals surface area (Å²) in [7, 11) is 0. The highest BCUT2D eigenvalue weighted by Crippen LogP contribution is 2.33. The van der Waals surface area contributed by atoms with E-state index in [0.717, 1.165) is 0 Å². The quantitative estimate of drug-likeness (QED) is 0.755. The fraction of sp³-hybridized carbons (Fsp3) is 0.529. The average molecular weight is 243 g/mol. The van der Waals surface area contributed by atoms with Crippen LogP contribution in [0.5, 0.6) is 0 Å². The number of hydrogen-bond donors (Lipinski definition) is 1. The summed E-state index contributed by atoms with van der Waals surface area (Å²) in [4.78, 5) is 3.60.